The van der Waals surface area contributed by atoms with Crippen LogP contribution >= 0.6 is 24.8 Å². The van der Waals surface area contributed by atoms with Crippen molar-refractivity contribution >= 4 is 30.5 Å². The molecule has 7 nitrogen and oxygen atoms in total. The first-order valence-corrected chi connectivity index (χ1v) is 7.90. The number of ether oxygens (including phenoxy) is 2. The van der Waals surface area contributed by atoms with Gasteiger partial charge in [0.2, 0.25) is 6.79 Å². The fourth-order valence-electron chi connectivity index (χ4n) is 3.48. The number of nitrogens with one attached hydrogen (secondary N) is 1. The first-order chi connectivity index (χ1) is 10.9. The molecule has 0 bridgehead atoms. The second kappa shape index (κ2) is 8.40. The van der Waals surface area contributed by atoms with Crippen LogP contribution in [-0.4, -0.2) is 42.8 Å². The molecule has 1 fully saturated rings. The number of benzene rings is 1. The largest absolute Gasteiger partial charge is 0.454 e. The average molecular weight is 394 g/mol. The van der Waals surface area contributed by atoms with E-state index in [9.17, 15) is 10.1 Å². The maximum atomic E-state index is 11.6. The number of rotatable bonds is 3. The number of piperazine rings is 1. The van der Waals surface area contributed by atoms with E-state index in [1.54, 1.807) is 6.07 Å². The van der Waals surface area contributed by atoms with Crippen LogP contribution < -0.4 is 14.8 Å². The van der Waals surface area contributed by atoms with Crippen LogP contribution in [0.25, 0.3) is 0 Å². The number of nitrogens with zero attached hydrogens (tertiary/aromatic N) is 2. The number of nitro groups is 1. The lowest BCUT2D eigenvalue weighted by molar-refractivity contribution is -0.386. The molecule has 9 heteroatoms. The van der Waals surface area contributed by atoms with Gasteiger partial charge in [-0.05, 0) is 11.5 Å². The van der Waals surface area contributed by atoms with Crippen molar-refractivity contribution in [2.75, 3.05) is 33.0 Å². The Morgan fingerprint density at radius 3 is 2.24 bits per heavy atom. The predicted octanol–water partition coefficient (Wildman–Crippen LogP) is 3.16. The molecule has 3 rings (SSSR count). The van der Waals surface area contributed by atoms with Gasteiger partial charge in [-0.25, -0.2) is 0 Å². The highest BCUT2D eigenvalue weighted by Gasteiger charge is 2.38. The van der Waals surface area contributed by atoms with Gasteiger partial charge in [-0.1, -0.05) is 20.8 Å². The number of fused-ring (bicyclic) bond motifs is 1. The fraction of sp³-hybridized carbons (Fsp3) is 0.625. The van der Waals surface area contributed by atoms with E-state index in [0.29, 0.717) is 17.1 Å². The van der Waals surface area contributed by atoms with E-state index in [1.165, 1.54) is 6.07 Å². The molecule has 0 aliphatic carbocycles. The number of nitro benzene ring substituents is 1. The molecule has 2 aliphatic heterocycles. The molecule has 1 saturated heterocycles. The second-order valence-electron chi connectivity index (χ2n) is 7.08. The normalized spacial score (nSPS) is 18.0. The van der Waals surface area contributed by atoms with Crippen LogP contribution in [0.2, 0.25) is 0 Å². The Morgan fingerprint density at radius 2 is 1.72 bits per heavy atom. The molecule has 1 aromatic carbocycles. The van der Waals surface area contributed by atoms with Crippen LogP contribution in [-0.2, 0) is 0 Å². The summed E-state index contributed by atoms with van der Waals surface area (Å²) in [6.45, 7) is 10.00. The van der Waals surface area contributed by atoms with Gasteiger partial charge >= 0.3 is 0 Å². The Balaban J connectivity index is 0.00000156. The summed E-state index contributed by atoms with van der Waals surface area (Å²) >= 11 is 0. The van der Waals surface area contributed by atoms with Crippen molar-refractivity contribution in [3.8, 4) is 11.5 Å². The monoisotopic (exact) mass is 393 g/mol. The zero-order valence-electron chi connectivity index (χ0n) is 14.6. The highest BCUT2D eigenvalue weighted by atomic mass is 35.5. The summed E-state index contributed by atoms with van der Waals surface area (Å²) in [5.74, 6) is 1.04. The van der Waals surface area contributed by atoms with Gasteiger partial charge in [-0.2, -0.15) is 0 Å². The van der Waals surface area contributed by atoms with E-state index in [0.717, 1.165) is 26.2 Å². The smallest absolute Gasteiger partial charge is 0.278 e. The van der Waals surface area contributed by atoms with Gasteiger partial charge in [0.05, 0.1) is 16.6 Å². The van der Waals surface area contributed by atoms with Gasteiger partial charge in [0.1, 0.15) is 0 Å². The molecule has 1 aromatic rings. The minimum absolute atomic E-state index is 0. The average Bonchev–Trinajstić information content (AvgIpc) is 2.93. The maximum Gasteiger partial charge on any atom is 0.278 e. The molecule has 0 aromatic heterocycles. The lowest BCUT2D eigenvalue weighted by atomic mass is 9.80. The van der Waals surface area contributed by atoms with Crippen LogP contribution in [0.5, 0.6) is 11.5 Å². The molecule has 0 saturated carbocycles. The Labute approximate surface area is 160 Å². The van der Waals surface area contributed by atoms with Gasteiger partial charge in [0, 0.05) is 32.2 Å². The molecule has 2 heterocycles. The lowest BCUT2D eigenvalue weighted by Crippen LogP contribution is -2.48. The molecule has 0 amide bonds. The molecule has 25 heavy (non-hydrogen) atoms. The van der Waals surface area contributed by atoms with Crippen molar-refractivity contribution in [3.63, 3.8) is 0 Å². The van der Waals surface area contributed by atoms with E-state index < -0.39 is 0 Å². The number of hydrogen-bond acceptors (Lipinski definition) is 6. The van der Waals surface area contributed by atoms with E-state index in [-0.39, 0.29) is 53.7 Å². The van der Waals surface area contributed by atoms with Crippen LogP contribution in [0.1, 0.15) is 32.4 Å². The van der Waals surface area contributed by atoms with Gasteiger partial charge < -0.3 is 14.8 Å². The van der Waals surface area contributed by atoms with Gasteiger partial charge in [-0.3, -0.25) is 15.0 Å². The van der Waals surface area contributed by atoms with E-state index in [1.807, 2.05) is 0 Å². The Kier molecular flexibility index (Phi) is 7.31. The van der Waals surface area contributed by atoms with Gasteiger partial charge in [0.15, 0.2) is 11.5 Å². The van der Waals surface area contributed by atoms with Crippen molar-refractivity contribution in [3.05, 3.63) is 27.8 Å². The molecule has 0 radical (unpaired) electrons. The summed E-state index contributed by atoms with van der Waals surface area (Å²) in [5, 5.41) is 14.9. The highest BCUT2D eigenvalue weighted by molar-refractivity contribution is 5.85. The molecular weight excluding hydrogens is 369 g/mol. The highest BCUT2D eigenvalue weighted by Crippen LogP contribution is 2.46. The van der Waals surface area contributed by atoms with Gasteiger partial charge in [-0.15, -0.1) is 24.8 Å². The quantitative estimate of drug-likeness (QED) is 0.627. The summed E-state index contributed by atoms with van der Waals surface area (Å²) in [7, 11) is 0. The summed E-state index contributed by atoms with van der Waals surface area (Å²) in [5.41, 5.74) is 0.664. The van der Waals surface area contributed by atoms with Crippen molar-refractivity contribution in [2.45, 2.75) is 26.8 Å². The van der Waals surface area contributed by atoms with Crippen molar-refractivity contribution in [2.24, 2.45) is 5.41 Å². The zero-order valence-corrected chi connectivity index (χ0v) is 16.2. The molecular formula is C16H25Cl2N3O4. The second-order valence-corrected chi connectivity index (χ2v) is 7.08. The van der Waals surface area contributed by atoms with E-state index in [2.05, 4.69) is 31.0 Å². The SMILES string of the molecule is CC(C)(C)[C@H](c1cc2c(cc1[N+](=O)[O-])OCO2)N1CCNCC1.Cl.Cl. The first-order valence-electron chi connectivity index (χ1n) is 7.90. The predicted molar refractivity (Wildman–Crippen MR) is 100 cm³/mol. The topological polar surface area (TPSA) is 76.9 Å². The summed E-state index contributed by atoms with van der Waals surface area (Å²) in [6.07, 6.45) is 0. The number of halogens is 2. The third kappa shape index (κ3) is 4.47. The van der Waals surface area contributed by atoms with Crippen molar-refractivity contribution in [1.82, 2.24) is 10.2 Å². The van der Waals surface area contributed by atoms with Gasteiger partial charge in [0.25, 0.3) is 5.69 Å². The summed E-state index contributed by atoms with van der Waals surface area (Å²) < 4.78 is 10.8. The minimum atomic E-state index is -0.321. The third-order valence-electron chi connectivity index (χ3n) is 4.35. The van der Waals surface area contributed by atoms with Crippen LogP contribution in [0.3, 0.4) is 0 Å². The fourth-order valence-corrected chi connectivity index (χ4v) is 3.48. The van der Waals surface area contributed by atoms with Crippen LogP contribution in [0.15, 0.2) is 12.1 Å². The minimum Gasteiger partial charge on any atom is -0.454 e. The van der Waals surface area contributed by atoms with Crippen molar-refractivity contribution < 1.29 is 14.4 Å². The molecule has 1 N–H and O–H groups in total. The van der Waals surface area contributed by atoms with Crippen LogP contribution in [0.4, 0.5) is 5.69 Å². The molecule has 2 aliphatic rings. The maximum absolute atomic E-state index is 11.6. The molecule has 0 unspecified atom stereocenters. The lowest BCUT2D eigenvalue weighted by Gasteiger charge is -2.42. The van der Waals surface area contributed by atoms with E-state index in [4.69, 9.17) is 9.47 Å². The van der Waals surface area contributed by atoms with Crippen molar-refractivity contribution in [1.29, 1.82) is 0 Å². The first kappa shape index (κ1) is 21.8. The molecule has 1 atom stereocenters. The standard InChI is InChI=1S/C16H23N3O4.2ClH/c1-16(2,3)15(18-6-4-17-5-7-18)11-8-13-14(23-10-22-13)9-12(11)19(20)21;;/h8-9,15,17H,4-7,10H2,1-3H3;2*1H/t15-;;/m0../s1. The number of hydrogen-bond donors (Lipinski definition) is 1. The van der Waals surface area contributed by atoms with Crippen LogP contribution in [0, 0.1) is 15.5 Å². The Morgan fingerprint density at radius 1 is 1.16 bits per heavy atom. The molecule has 0 spiro atoms. The Bertz CT molecular complexity index is 616. The zero-order chi connectivity index (χ0) is 16.6. The Hall–Kier alpha value is -1.28. The summed E-state index contributed by atoms with van der Waals surface area (Å²) in [6, 6.07) is 3.23. The van der Waals surface area contributed by atoms with E-state index >= 15 is 0 Å². The summed E-state index contributed by atoms with van der Waals surface area (Å²) in [4.78, 5) is 13.6. The molecule has 142 valence electrons. The third-order valence-corrected chi connectivity index (χ3v) is 4.35.